The third-order valence-corrected chi connectivity index (χ3v) is 2.94. The molecule has 0 aliphatic rings. The molecule has 0 spiro atoms. The number of hydrogen-bond acceptors (Lipinski definition) is 3. The normalized spacial score (nSPS) is 11.7. The number of amides is 2. The molecule has 0 bridgehead atoms. The van der Waals surface area contributed by atoms with Crippen LogP contribution in [0.2, 0.25) is 0 Å². The molecule has 0 aliphatic carbocycles. The maximum atomic E-state index is 11.8. The van der Waals surface area contributed by atoms with Crippen molar-refractivity contribution in [1.82, 2.24) is 15.5 Å². The van der Waals surface area contributed by atoms with E-state index in [0.29, 0.717) is 0 Å². The van der Waals surface area contributed by atoms with Gasteiger partial charge in [0.25, 0.3) is 0 Å². The van der Waals surface area contributed by atoms with Crippen LogP contribution in [0.15, 0.2) is 30.3 Å². The minimum Gasteiger partial charge on any atom is -0.358 e. The maximum Gasteiger partial charge on any atom is 0.239 e. The topological polar surface area (TPSA) is 61.4 Å². The first-order valence-corrected chi connectivity index (χ1v) is 6.27. The molecule has 5 heteroatoms. The number of carbonyl (C=O) groups excluding carboxylic acids is 2. The van der Waals surface area contributed by atoms with Gasteiger partial charge in [-0.15, -0.1) is 0 Å². The number of likely N-dealkylation sites (N-methyl/N-ethyl adjacent to an activating group) is 2. The Morgan fingerprint density at radius 3 is 2.47 bits per heavy atom. The summed E-state index contributed by atoms with van der Waals surface area (Å²) in [5.41, 5.74) is 1.13. The number of carbonyl (C=O) groups is 2. The summed E-state index contributed by atoms with van der Waals surface area (Å²) >= 11 is 0. The van der Waals surface area contributed by atoms with Crippen LogP contribution >= 0.6 is 0 Å². The first kappa shape index (κ1) is 15.2. The zero-order valence-corrected chi connectivity index (χ0v) is 11.6. The second-order valence-electron chi connectivity index (χ2n) is 4.44. The molecule has 0 unspecified atom stereocenters. The Kier molecular flexibility index (Phi) is 6.02. The second kappa shape index (κ2) is 7.53. The number of nitrogens with one attached hydrogen (secondary N) is 2. The van der Waals surface area contributed by atoms with Gasteiger partial charge in [-0.3, -0.25) is 9.59 Å². The zero-order valence-electron chi connectivity index (χ0n) is 11.6. The lowest BCUT2D eigenvalue weighted by Crippen LogP contribution is -2.41. The molecular formula is C14H21N3O2. The van der Waals surface area contributed by atoms with Gasteiger partial charge in [-0.2, -0.15) is 0 Å². The van der Waals surface area contributed by atoms with E-state index in [-0.39, 0.29) is 30.9 Å². The lowest BCUT2D eigenvalue weighted by Gasteiger charge is -2.19. The molecule has 1 aromatic rings. The van der Waals surface area contributed by atoms with Crippen LogP contribution in [0, 0.1) is 0 Å². The Morgan fingerprint density at radius 1 is 1.26 bits per heavy atom. The molecule has 0 aromatic heterocycles. The maximum absolute atomic E-state index is 11.8. The SMILES string of the molecule is CNC(=O)CN(C)C(=O)CN[C@H](C)c1ccccc1. The van der Waals surface area contributed by atoms with Crippen molar-refractivity contribution in [2.24, 2.45) is 0 Å². The molecule has 1 rings (SSSR count). The molecule has 5 nitrogen and oxygen atoms in total. The van der Waals surface area contributed by atoms with Crippen LogP contribution in [0.1, 0.15) is 18.5 Å². The minimum absolute atomic E-state index is 0.0801. The van der Waals surface area contributed by atoms with Crippen LogP contribution in [0.3, 0.4) is 0 Å². The molecule has 0 heterocycles. The molecule has 2 N–H and O–H groups in total. The number of benzene rings is 1. The molecule has 0 saturated heterocycles. The van der Waals surface area contributed by atoms with E-state index >= 15 is 0 Å². The molecular weight excluding hydrogens is 242 g/mol. The molecule has 0 radical (unpaired) electrons. The third kappa shape index (κ3) is 5.09. The Hall–Kier alpha value is -1.88. The Balaban J connectivity index is 2.39. The molecule has 0 fully saturated rings. The van der Waals surface area contributed by atoms with Crippen molar-refractivity contribution in [2.75, 3.05) is 27.2 Å². The molecule has 104 valence electrons. The van der Waals surface area contributed by atoms with Crippen LogP contribution in [0.4, 0.5) is 0 Å². The van der Waals surface area contributed by atoms with Crippen LogP contribution < -0.4 is 10.6 Å². The molecule has 1 atom stereocenters. The first-order chi connectivity index (χ1) is 9.04. The zero-order chi connectivity index (χ0) is 14.3. The van der Waals surface area contributed by atoms with Gasteiger partial charge < -0.3 is 15.5 Å². The van der Waals surface area contributed by atoms with Gasteiger partial charge in [0, 0.05) is 20.1 Å². The quantitative estimate of drug-likeness (QED) is 0.787. The predicted octanol–water partition coefficient (Wildman–Crippen LogP) is 0.542. The fourth-order valence-electron chi connectivity index (χ4n) is 1.62. The fraction of sp³-hybridized carbons (Fsp3) is 0.429. The van der Waals surface area contributed by atoms with Crippen LogP contribution in [0.5, 0.6) is 0 Å². The van der Waals surface area contributed by atoms with E-state index in [1.807, 2.05) is 37.3 Å². The van der Waals surface area contributed by atoms with Crippen molar-refractivity contribution in [3.8, 4) is 0 Å². The van der Waals surface area contributed by atoms with E-state index in [2.05, 4.69) is 10.6 Å². The molecule has 19 heavy (non-hydrogen) atoms. The highest BCUT2D eigenvalue weighted by Gasteiger charge is 2.13. The van der Waals surface area contributed by atoms with Gasteiger partial charge in [0.15, 0.2) is 0 Å². The number of nitrogens with zero attached hydrogens (tertiary/aromatic N) is 1. The monoisotopic (exact) mass is 263 g/mol. The summed E-state index contributed by atoms with van der Waals surface area (Å²) in [6.45, 7) is 2.29. The highest BCUT2D eigenvalue weighted by molar-refractivity contribution is 5.85. The second-order valence-corrected chi connectivity index (χ2v) is 4.44. The Morgan fingerprint density at radius 2 is 1.89 bits per heavy atom. The molecule has 1 aromatic carbocycles. The van der Waals surface area contributed by atoms with E-state index in [1.54, 1.807) is 14.1 Å². The van der Waals surface area contributed by atoms with Crippen LogP contribution in [-0.2, 0) is 9.59 Å². The highest BCUT2D eigenvalue weighted by atomic mass is 16.2. The Bertz CT molecular complexity index is 420. The van der Waals surface area contributed by atoms with Crippen molar-refractivity contribution in [2.45, 2.75) is 13.0 Å². The molecule has 0 aliphatic heterocycles. The van der Waals surface area contributed by atoms with Crippen LogP contribution in [0.25, 0.3) is 0 Å². The lowest BCUT2D eigenvalue weighted by molar-refractivity contribution is -0.133. The van der Waals surface area contributed by atoms with Gasteiger partial charge in [0.05, 0.1) is 13.1 Å². The lowest BCUT2D eigenvalue weighted by atomic mass is 10.1. The number of hydrogen-bond donors (Lipinski definition) is 2. The van der Waals surface area contributed by atoms with Crippen molar-refractivity contribution in [3.63, 3.8) is 0 Å². The summed E-state index contributed by atoms with van der Waals surface area (Å²) in [5, 5.41) is 5.64. The van der Waals surface area contributed by atoms with Gasteiger partial charge >= 0.3 is 0 Å². The van der Waals surface area contributed by atoms with Crippen molar-refractivity contribution < 1.29 is 9.59 Å². The average Bonchev–Trinajstić information content (AvgIpc) is 2.44. The van der Waals surface area contributed by atoms with Gasteiger partial charge in [0.2, 0.25) is 11.8 Å². The average molecular weight is 263 g/mol. The largest absolute Gasteiger partial charge is 0.358 e. The number of rotatable bonds is 6. The van der Waals surface area contributed by atoms with E-state index in [4.69, 9.17) is 0 Å². The van der Waals surface area contributed by atoms with Crippen molar-refractivity contribution in [3.05, 3.63) is 35.9 Å². The first-order valence-electron chi connectivity index (χ1n) is 6.27. The third-order valence-electron chi connectivity index (χ3n) is 2.94. The Labute approximate surface area is 114 Å². The predicted molar refractivity (Wildman–Crippen MR) is 74.6 cm³/mol. The summed E-state index contributed by atoms with van der Waals surface area (Å²) in [7, 11) is 3.17. The highest BCUT2D eigenvalue weighted by Crippen LogP contribution is 2.10. The van der Waals surface area contributed by atoms with Crippen LogP contribution in [-0.4, -0.2) is 43.9 Å². The molecule has 0 saturated carbocycles. The van der Waals surface area contributed by atoms with E-state index in [0.717, 1.165) is 5.56 Å². The summed E-state index contributed by atoms with van der Waals surface area (Å²) in [6, 6.07) is 10.0. The molecule has 2 amide bonds. The summed E-state index contributed by atoms with van der Waals surface area (Å²) < 4.78 is 0. The minimum atomic E-state index is -0.174. The standard InChI is InChI=1S/C14H21N3O2/c1-11(12-7-5-4-6-8-12)16-9-14(19)17(3)10-13(18)15-2/h4-8,11,16H,9-10H2,1-3H3,(H,15,18)/t11-/m1/s1. The summed E-state index contributed by atoms with van der Waals surface area (Å²) in [5.74, 6) is -0.279. The van der Waals surface area contributed by atoms with Crippen molar-refractivity contribution >= 4 is 11.8 Å². The van der Waals surface area contributed by atoms with Gasteiger partial charge in [0.1, 0.15) is 0 Å². The van der Waals surface area contributed by atoms with E-state index < -0.39 is 0 Å². The van der Waals surface area contributed by atoms with Crippen molar-refractivity contribution in [1.29, 1.82) is 0 Å². The fourth-order valence-corrected chi connectivity index (χ4v) is 1.62. The van der Waals surface area contributed by atoms with Gasteiger partial charge in [-0.1, -0.05) is 30.3 Å². The smallest absolute Gasteiger partial charge is 0.239 e. The summed E-state index contributed by atoms with van der Waals surface area (Å²) in [6.07, 6.45) is 0. The van der Waals surface area contributed by atoms with E-state index in [1.165, 1.54) is 4.90 Å². The summed E-state index contributed by atoms with van der Waals surface area (Å²) in [4.78, 5) is 24.4. The van der Waals surface area contributed by atoms with Gasteiger partial charge in [-0.25, -0.2) is 0 Å². The van der Waals surface area contributed by atoms with E-state index in [9.17, 15) is 9.59 Å². The van der Waals surface area contributed by atoms with Gasteiger partial charge in [-0.05, 0) is 12.5 Å².